The molecule has 0 bridgehead atoms. The minimum absolute atomic E-state index is 0.0393. The monoisotopic (exact) mass is 481 g/mol. The predicted octanol–water partition coefficient (Wildman–Crippen LogP) is 5.80. The zero-order valence-electron chi connectivity index (χ0n) is 20.1. The number of fused-ring (bicyclic) bond motifs is 1. The van der Waals surface area contributed by atoms with E-state index in [-0.39, 0.29) is 17.3 Å². The minimum Gasteiger partial charge on any atom is -0.493 e. The van der Waals surface area contributed by atoms with Crippen molar-refractivity contribution in [2.75, 3.05) is 18.0 Å². The second-order valence-electron chi connectivity index (χ2n) is 8.01. The van der Waals surface area contributed by atoms with Crippen molar-refractivity contribution in [1.29, 1.82) is 0 Å². The van der Waals surface area contributed by atoms with Gasteiger partial charge in [0.25, 0.3) is 5.91 Å². The van der Waals surface area contributed by atoms with Crippen LogP contribution in [-0.4, -0.2) is 35.0 Å². The van der Waals surface area contributed by atoms with E-state index < -0.39 is 11.8 Å². The number of amides is 2. The first-order chi connectivity index (χ1) is 17.5. The number of aromatic amines is 1. The Morgan fingerprint density at radius 1 is 0.944 bits per heavy atom. The molecule has 0 aliphatic rings. The number of carbonyl (C=O) groups is 2. The molecule has 0 aliphatic heterocycles. The number of anilines is 1. The molecular weight excluding hydrogens is 454 g/mol. The highest BCUT2D eigenvalue weighted by Gasteiger charge is 2.16. The summed E-state index contributed by atoms with van der Waals surface area (Å²) in [7, 11) is 0. The summed E-state index contributed by atoms with van der Waals surface area (Å²) in [4.78, 5) is 30.9. The fourth-order valence-electron chi connectivity index (χ4n) is 3.84. The molecule has 2 amide bonds. The van der Waals surface area contributed by atoms with E-state index in [4.69, 9.17) is 0 Å². The minimum atomic E-state index is -0.753. The quantitative estimate of drug-likeness (QED) is 0.218. The van der Waals surface area contributed by atoms with Crippen molar-refractivity contribution in [3.05, 3.63) is 95.7 Å². The molecule has 0 saturated carbocycles. The van der Waals surface area contributed by atoms with Gasteiger partial charge in [0.15, 0.2) is 5.69 Å². The Balaban J connectivity index is 1.65. The maximum absolute atomic E-state index is 13.1. The van der Waals surface area contributed by atoms with Gasteiger partial charge in [0.1, 0.15) is 5.70 Å². The van der Waals surface area contributed by atoms with Crippen LogP contribution in [0.25, 0.3) is 17.0 Å². The summed E-state index contributed by atoms with van der Waals surface area (Å²) in [6, 6.07) is 23.4. The molecule has 0 radical (unpaired) electrons. The SMILES string of the molecule is CCN(CC)c1ccc(C=C(NC(=O)c2ccccc2)C(=O)N=Nc2c(O)[nH]c3ccccc23)cc1. The topological polar surface area (TPSA) is 110 Å². The number of nitrogens with zero attached hydrogens (tertiary/aromatic N) is 3. The van der Waals surface area contributed by atoms with Crippen molar-refractivity contribution < 1.29 is 14.7 Å². The Labute approximate surface area is 209 Å². The Morgan fingerprint density at radius 2 is 1.61 bits per heavy atom. The van der Waals surface area contributed by atoms with Crippen LogP contribution in [0, 0.1) is 0 Å². The summed E-state index contributed by atoms with van der Waals surface area (Å²) in [5.74, 6) is -1.39. The summed E-state index contributed by atoms with van der Waals surface area (Å²) in [5, 5.41) is 21.3. The first kappa shape index (κ1) is 24.4. The molecule has 8 heteroatoms. The molecule has 1 aromatic heterocycles. The number of para-hydroxylation sites is 1. The van der Waals surface area contributed by atoms with E-state index in [2.05, 4.69) is 39.3 Å². The van der Waals surface area contributed by atoms with Crippen molar-refractivity contribution in [2.24, 2.45) is 10.2 Å². The van der Waals surface area contributed by atoms with E-state index in [9.17, 15) is 14.7 Å². The van der Waals surface area contributed by atoms with Crippen molar-refractivity contribution in [3.8, 4) is 5.88 Å². The zero-order valence-corrected chi connectivity index (χ0v) is 20.1. The molecule has 3 N–H and O–H groups in total. The molecule has 36 heavy (non-hydrogen) atoms. The van der Waals surface area contributed by atoms with Crippen LogP contribution in [0.4, 0.5) is 11.4 Å². The highest BCUT2D eigenvalue weighted by atomic mass is 16.3. The van der Waals surface area contributed by atoms with Gasteiger partial charge in [-0.05, 0) is 55.8 Å². The third-order valence-electron chi connectivity index (χ3n) is 5.75. The molecule has 0 aliphatic carbocycles. The molecule has 0 saturated heterocycles. The zero-order chi connectivity index (χ0) is 25.5. The molecular formula is C28H27N5O3. The van der Waals surface area contributed by atoms with Gasteiger partial charge in [-0.2, -0.15) is 0 Å². The van der Waals surface area contributed by atoms with Crippen LogP contribution in [0.15, 0.2) is 94.8 Å². The number of carbonyl (C=O) groups excluding carboxylic acids is 2. The van der Waals surface area contributed by atoms with Crippen LogP contribution in [0.2, 0.25) is 0 Å². The normalized spacial score (nSPS) is 11.7. The summed E-state index contributed by atoms with van der Waals surface area (Å²) in [5.41, 5.74) is 2.96. The molecule has 1 heterocycles. The summed E-state index contributed by atoms with van der Waals surface area (Å²) in [6.45, 7) is 5.93. The maximum Gasteiger partial charge on any atom is 0.311 e. The Kier molecular flexibility index (Phi) is 7.55. The van der Waals surface area contributed by atoms with E-state index in [1.807, 2.05) is 30.3 Å². The van der Waals surface area contributed by atoms with E-state index >= 15 is 0 Å². The molecule has 0 fully saturated rings. The van der Waals surface area contributed by atoms with Gasteiger partial charge in [-0.3, -0.25) is 9.59 Å². The Bertz CT molecular complexity index is 1420. The van der Waals surface area contributed by atoms with Crippen molar-refractivity contribution in [2.45, 2.75) is 13.8 Å². The lowest BCUT2D eigenvalue weighted by Gasteiger charge is -2.20. The lowest BCUT2D eigenvalue weighted by atomic mass is 10.1. The first-order valence-corrected chi connectivity index (χ1v) is 11.7. The first-order valence-electron chi connectivity index (χ1n) is 11.7. The van der Waals surface area contributed by atoms with Gasteiger partial charge < -0.3 is 20.3 Å². The van der Waals surface area contributed by atoms with Crippen molar-refractivity contribution >= 4 is 40.2 Å². The second-order valence-corrected chi connectivity index (χ2v) is 8.01. The van der Waals surface area contributed by atoms with Crippen LogP contribution >= 0.6 is 0 Å². The number of rotatable bonds is 8. The van der Waals surface area contributed by atoms with Crippen LogP contribution in [0.3, 0.4) is 0 Å². The Morgan fingerprint density at radius 3 is 2.31 bits per heavy atom. The Hall–Kier alpha value is -4.72. The molecule has 3 aromatic carbocycles. The highest BCUT2D eigenvalue weighted by molar-refractivity contribution is 6.05. The van der Waals surface area contributed by atoms with Crippen LogP contribution < -0.4 is 10.2 Å². The molecule has 4 aromatic rings. The smallest absolute Gasteiger partial charge is 0.311 e. The number of aromatic nitrogens is 1. The van der Waals surface area contributed by atoms with Gasteiger partial charge in [-0.1, -0.05) is 48.5 Å². The number of aromatic hydroxyl groups is 1. The van der Waals surface area contributed by atoms with Crippen LogP contribution in [0.5, 0.6) is 5.88 Å². The fraction of sp³-hybridized carbons (Fsp3) is 0.143. The predicted molar refractivity (Wildman–Crippen MR) is 141 cm³/mol. The molecule has 8 nitrogen and oxygen atoms in total. The van der Waals surface area contributed by atoms with E-state index in [1.54, 1.807) is 54.6 Å². The van der Waals surface area contributed by atoms with Gasteiger partial charge in [0.05, 0.1) is 5.52 Å². The van der Waals surface area contributed by atoms with Crippen molar-refractivity contribution in [1.82, 2.24) is 10.3 Å². The summed E-state index contributed by atoms with van der Waals surface area (Å²) < 4.78 is 0. The molecule has 0 atom stereocenters. The second kappa shape index (κ2) is 11.1. The van der Waals surface area contributed by atoms with Crippen LogP contribution in [0.1, 0.15) is 29.8 Å². The summed E-state index contributed by atoms with van der Waals surface area (Å²) in [6.07, 6.45) is 1.56. The highest BCUT2D eigenvalue weighted by Crippen LogP contribution is 2.35. The number of H-pyrrole nitrogens is 1. The summed E-state index contributed by atoms with van der Waals surface area (Å²) >= 11 is 0. The van der Waals surface area contributed by atoms with Gasteiger partial charge in [0.2, 0.25) is 5.88 Å². The van der Waals surface area contributed by atoms with Gasteiger partial charge in [0, 0.05) is 29.7 Å². The molecule has 182 valence electrons. The molecule has 0 unspecified atom stereocenters. The average Bonchev–Trinajstić information content (AvgIpc) is 3.23. The van der Waals surface area contributed by atoms with Gasteiger partial charge >= 0.3 is 5.91 Å². The lowest BCUT2D eigenvalue weighted by molar-refractivity contribution is -0.115. The third-order valence-corrected chi connectivity index (χ3v) is 5.75. The number of hydrogen-bond donors (Lipinski definition) is 3. The largest absolute Gasteiger partial charge is 0.493 e. The van der Waals surface area contributed by atoms with E-state index in [0.717, 1.165) is 18.8 Å². The number of nitrogens with one attached hydrogen (secondary N) is 2. The lowest BCUT2D eigenvalue weighted by Crippen LogP contribution is -2.26. The number of azo groups is 1. The average molecular weight is 482 g/mol. The number of hydrogen-bond acceptors (Lipinski definition) is 5. The van der Waals surface area contributed by atoms with Gasteiger partial charge in [-0.15, -0.1) is 10.2 Å². The van der Waals surface area contributed by atoms with Crippen molar-refractivity contribution in [3.63, 3.8) is 0 Å². The standard InChI is InChI=1S/C28H27N5O3/c1-3-33(4-2)21-16-14-19(15-17-21)18-24(30-26(34)20-10-6-5-7-11-20)27(35)32-31-25-22-12-8-9-13-23(22)29-28(25)36/h5-18,29,36H,3-4H2,1-2H3,(H,30,34). The molecule has 0 spiro atoms. The maximum atomic E-state index is 13.1. The van der Waals surface area contributed by atoms with Gasteiger partial charge in [-0.25, -0.2) is 0 Å². The fourth-order valence-corrected chi connectivity index (χ4v) is 3.84. The van der Waals surface area contributed by atoms with E-state index in [0.29, 0.717) is 22.0 Å². The van der Waals surface area contributed by atoms with Crippen LogP contribution in [-0.2, 0) is 4.79 Å². The number of benzene rings is 3. The third kappa shape index (κ3) is 5.50. The molecule has 4 rings (SSSR count). The van der Waals surface area contributed by atoms with E-state index in [1.165, 1.54) is 0 Å².